The van der Waals surface area contributed by atoms with Gasteiger partial charge < -0.3 is 10.5 Å². The van der Waals surface area contributed by atoms with E-state index in [1.165, 1.54) is 0 Å². The molecule has 6 heteroatoms. The lowest BCUT2D eigenvalue weighted by Gasteiger charge is -2.07. The van der Waals surface area contributed by atoms with Crippen molar-refractivity contribution in [1.29, 1.82) is 0 Å². The molecule has 1 aromatic carbocycles. The maximum absolute atomic E-state index is 11.5. The number of rotatable bonds is 3. The molecule has 3 N–H and O–H groups in total. The molecule has 1 aromatic rings. The Morgan fingerprint density at radius 2 is 2.31 bits per heavy atom. The normalized spacial score (nSPS) is 9.62. The third-order valence-corrected chi connectivity index (χ3v) is 2.45. The fourth-order valence-corrected chi connectivity index (χ4v) is 1.68. The van der Waals surface area contributed by atoms with Crippen LogP contribution in [0.4, 0.5) is 0 Å². The Bertz CT molecular complexity index is 423. The molecule has 0 spiro atoms. The van der Waals surface area contributed by atoms with E-state index >= 15 is 0 Å². The third-order valence-electron chi connectivity index (χ3n) is 1.73. The molecule has 0 fully saturated rings. The number of benzene rings is 1. The number of nitrogens with two attached hydrogens (primary N) is 1. The smallest absolute Gasteiger partial charge is 0.257 e. The molecule has 0 aliphatic carbocycles. The number of hydrogen-bond donors (Lipinski definition) is 2. The first-order valence-electron chi connectivity index (χ1n) is 4.57. The highest BCUT2D eigenvalue weighted by Gasteiger charge is 2.09. The van der Waals surface area contributed by atoms with E-state index in [0.717, 1.165) is 0 Å². The number of amides is 1. The molecule has 0 saturated carbocycles. The second kappa shape index (κ2) is 5.81. The predicted molar refractivity (Wildman–Crippen MR) is 69.6 cm³/mol. The van der Waals surface area contributed by atoms with Crippen molar-refractivity contribution in [2.75, 3.05) is 6.61 Å². The first-order chi connectivity index (χ1) is 7.54. The largest absolute Gasteiger partial charge is 0.493 e. The van der Waals surface area contributed by atoms with Crippen molar-refractivity contribution in [3.05, 3.63) is 28.2 Å². The van der Waals surface area contributed by atoms with Gasteiger partial charge in [0.1, 0.15) is 5.75 Å². The van der Waals surface area contributed by atoms with E-state index < -0.39 is 0 Å². The van der Waals surface area contributed by atoms with Crippen LogP contribution >= 0.6 is 28.1 Å². The first-order valence-corrected chi connectivity index (χ1v) is 5.78. The van der Waals surface area contributed by atoms with Crippen molar-refractivity contribution in [3.8, 4) is 5.75 Å². The van der Waals surface area contributed by atoms with Crippen LogP contribution in [0.15, 0.2) is 22.7 Å². The van der Waals surface area contributed by atoms with Gasteiger partial charge in [-0.1, -0.05) is 0 Å². The standard InChI is InChI=1S/C10H11BrN2O2S/c1-2-15-8-4-3-6(5-7(8)11)9(14)13-10(12)16/h3-5H,2H2,1H3,(H3,12,13,14,16). The average molecular weight is 303 g/mol. The summed E-state index contributed by atoms with van der Waals surface area (Å²) in [6.45, 7) is 2.46. The first kappa shape index (κ1) is 12.9. The van der Waals surface area contributed by atoms with E-state index in [0.29, 0.717) is 22.4 Å². The quantitative estimate of drug-likeness (QED) is 0.836. The van der Waals surface area contributed by atoms with Crippen LogP contribution in [0.5, 0.6) is 5.75 Å². The monoisotopic (exact) mass is 302 g/mol. The molecule has 0 aliphatic rings. The Morgan fingerprint density at radius 3 is 2.81 bits per heavy atom. The number of hydrogen-bond acceptors (Lipinski definition) is 3. The lowest BCUT2D eigenvalue weighted by Crippen LogP contribution is -2.34. The van der Waals surface area contributed by atoms with Crippen molar-refractivity contribution >= 4 is 39.2 Å². The number of ether oxygens (including phenoxy) is 1. The van der Waals surface area contributed by atoms with Gasteiger partial charge in [-0.15, -0.1) is 0 Å². The molecular formula is C10H11BrN2O2S. The van der Waals surface area contributed by atoms with Crippen molar-refractivity contribution in [3.63, 3.8) is 0 Å². The second-order valence-electron chi connectivity index (χ2n) is 2.90. The summed E-state index contributed by atoms with van der Waals surface area (Å²) in [6.07, 6.45) is 0. The highest BCUT2D eigenvalue weighted by molar-refractivity contribution is 9.10. The minimum Gasteiger partial charge on any atom is -0.493 e. The molecule has 0 atom stereocenters. The van der Waals surface area contributed by atoms with Gasteiger partial charge in [0, 0.05) is 5.56 Å². The van der Waals surface area contributed by atoms with Crippen LogP contribution < -0.4 is 15.8 Å². The van der Waals surface area contributed by atoms with Crippen LogP contribution in [0.2, 0.25) is 0 Å². The van der Waals surface area contributed by atoms with Crippen LogP contribution in [-0.4, -0.2) is 17.6 Å². The minimum absolute atomic E-state index is 0.0463. The van der Waals surface area contributed by atoms with Gasteiger partial charge in [0.25, 0.3) is 5.91 Å². The van der Waals surface area contributed by atoms with E-state index in [1.807, 2.05) is 6.92 Å². The van der Waals surface area contributed by atoms with Gasteiger partial charge in [-0.25, -0.2) is 0 Å². The van der Waals surface area contributed by atoms with Gasteiger partial charge in [0.05, 0.1) is 11.1 Å². The maximum atomic E-state index is 11.5. The number of nitrogens with one attached hydrogen (secondary N) is 1. The van der Waals surface area contributed by atoms with Gasteiger partial charge in [0.2, 0.25) is 0 Å². The summed E-state index contributed by atoms with van der Waals surface area (Å²) >= 11 is 7.89. The molecule has 0 saturated heterocycles. The van der Waals surface area contributed by atoms with Crippen molar-refractivity contribution in [2.24, 2.45) is 5.73 Å². The lowest BCUT2D eigenvalue weighted by molar-refractivity contribution is 0.0977. The summed E-state index contributed by atoms with van der Waals surface area (Å²) < 4.78 is 6.04. The summed E-state index contributed by atoms with van der Waals surface area (Å²) in [4.78, 5) is 11.5. The minimum atomic E-state index is -0.337. The van der Waals surface area contributed by atoms with E-state index in [1.54, 1.807) is 18.2 Å². The number of carbonyl (C=O) groups excluding carboxylic acids is 1. The predicted octanol–water partition coefficient (Wildman–Crippen LogP) is 1.82. The Hall–Kier alpha value is -1.14. The summed E-state index contributed by atoms with van der Waals surface area (Å²) in [5.74, 6) is 0.352. The van der Waals surface area contributed by atoms with Crippen molar-refractivity contribution in [2.45, 2.75) is 6.92 Å². The van der Waals surface area contributed by atoms with Crippen molar-refractivity contribution in [1.82, 2.24) is 5.32 Å². The fourth-order valence-electron chi connectivity index (χ4n) is 1.10. The Morgan fingerprint density at radius 1 is 1.62 bits per heavy atom. The zero-order valence-corrected chi connectivity index (χ0v) is 11.0. The Balaban J connectivity index is 2.88. The molecule has 4 nitrogen and oxygen atoms in total. The van der Waals surface area contributed by atoms with Crippen molar-refractivity contribution < 1.29 is 9.53 Å². The highest BCUT2D eigenvalue weighted by Crippen LogP contribution is 2.25. The number of carbonyl (C=O) groups is 1. The molecule has 0 heterocycles. The molecule has 16 heavy (non-hydrogen) atoms. The van der Waals surface area contributed by atoms with Crippen LogP contribution in [0.25, 0.3) is 0 Å². The van der Waals surface area contributed by atoms with Gasteiger partial charge in [-0.3, -0.25) is 10.1 Å². The number of thiocarbonyl (C=S) groups is 1. The third kappa shape index (κ3) is 3.46. The van der Waals surface area contributed by atoms with E-state index in [2.05, 4.69) is 33.5 Å². The summed E-state index contributed by atoms with van der Waals surface area (Å²) in [5.41, 5.74) is 5.67. The molecule has 0 aromatic heterocycles. The summed E-state index contributed by atoms with van der Waals surface area (Å²) in [6, 6.07) is 5.00. The molecule has 0 unspecified atom stereocenters. The molecule has 0 bridgehead atoms. The van der Waals surface area contributed by atoms with Gasteiger partial charge in [0.15, 0.2) is 5.11 Å². The molecule has 1 amide bonds. The van der Waals surface area contributed by atoms with Crippen LogP contribution in [0, 0.1) is 0 Å². The van der Waals surface area contributed by atoms with Crippen LogP contribution in [0.1, 0.15) is 17.3 Å². The summed E-state index contributed by atoms with van der Waals surface area (Å²) in [5, 5.41) is 2.30. The zero-order chi connectivity index (χ0) is 12.1. The highest BCUT2D eigenvalue weighted by atomic mass is 79.9. The Labute approximate surface area is 107 Å². The van der Waals surface area contributed by atoms with E-state index in [9.17, 15) is 4.79 Å². The zero-order valence-electron chi connectivity index (χ0n) is 8.62. The van der Waals surface area contributed by atoms with Crippen LogP contribution in [0.3, 0.4) is 0 Å². The molecule has 0 aliphatic heterocycles. The van der Waals surface area contributed by atoms with Gasteiger partial charge in [-0.2, -0.15) is 0 Å². The van der Waals surface area contributed by atoms with E-state index in [4.69, 9.17) is 10.5 Å². The van der Waals surface area contributed by atoms with Gasteiger partial charge in [-0.05, 0) is 53.3 Å². The maximum Gasteiger partial charge on any atom is 0.257 e. The van der Waals surface area contributed by atoms with Gasteiger partial charge >= 0.3 is 0 Å². The fraction of sp³-hybridized carbons (Fsp3) is 0.200. The van der Waals surface area contributed by atoms with Crippen LogP contribution in [-0.2, 0) is 0 Å². The topological polar surface area (TPSA) is 64.3 Å². The number of halogens is 1. The lowest BCUT2D eigenvalue weighted by atomic mass is 10.2. The average Bonchev–Trinajstić information content (AvgIpc) is 2.20. The SMILES string of the molecule is CCOc1ccc(C(=O)NC(N)=S)cc1Br. The molecule has 86 valence electrons. The van der Waals surface area contributed by atoms with E-state index in [-0.39, 0.29) is 11.0 Å². The summed E-state index contributed by atoms with van der Waals surface area (Å²) in [7, 11) is 0. The molecule has 1 rings (SSSR count). The molecular weight excluding hydrogens is 292 g/mol. The Kier molecular flexibility index (Phi) is 4.70. The molecule has 0 radical (unpaired) electrons. The second-order valence-corrected chi connectivity index (χ2v) is 4.19.